The molecule has 0 bridgehead atoms. The molecule has 1 unspecified atom stereocenters. The van der Waals surface area contributed by atoms with Crippen molar-refractivity contribution < 1.29 is 9.00 Å². The number of halogens is 1. The van der Waals surface area contributed by atoms with E-state index in [0.29, 0.717) is 22.0 Å². The van der Waals surface area contributed by atoms with Crippen molar-refractivity contribution in [2.24, 2.45) is 0 Å². The summed E-state index contributed by atoms with van der Waals surface area (Å²) in [6.45, 7) is 10.3. The molecule has 29 heavy (non-hydrogen) atoms. The van der Waals surface area contributed by atoms with E-state index in [2.05, 4.69) is 17.2 Å². The summed E-state index contributed by atoms with van der Waals surface area (Å²) in [4.78, 5) is 13.6. The number of rotatable bonds is 5. The number of dihydropyridines is 1. The molecule has 1 aliphatic heterocycles. The van der Waals surface area contributed by atoms with E-state index in [-0.39, 0.29) is 11.2 Å². The van der Waals surface area contributed by atoms with E-state index in [1.807, 2.05) is 26.8 Å². The van der Waals surface area contributed by atoms with Crippen LogP contribution in [0, 0.1) is 6.92 Å². The van der Waals surface area contributed by atoms with Gasteiger partial charge in [0.15, 0.2) is 0 Å². The molecule has 1 aromatic carbocycles. The maximum absolute atomic E-state index is 13.2. The van der Waals surface area contributed by atoms with Crippen LogP contribution >= 0.6 is 11.6 Å². The Labute approximate surface area is 180 Å². The molecule has 1 fully saturated rings. The van der Waals surface area contributed by atoms with E-state index in [4.69, 9.17) is 11.6 Å². The van der Waals surface area contributed by atoms with Gasteiger partial charge in [-0.25, -0.2) is 0 Å². The van der Waals surface area contributed by atoms with Gasteiger partial charge in [0.05, 0.1) is 10.8 Å². The van der Waals surface area contributed by atoms with Gasteiger partial charge in [-0.1, -0.05) is 37.4 Å². The Kier molecular flexibility index (Phi) is 7.01. The number of hydrogen-bond donors (Lipinski definition) is 2. The Hall–Kier alpha value is -1.85. The zero-order valence-electron chi connectivity index (χ0n) is 17.4. The number of carbonyl (C=O) groups excluding carboxylic acids is 1. The summed E-state index contributed by atoms with van der Waals surface area (Å²) < 4.78 is 13.2. The van der Waals surface area contributed by atoms with Crippen LogP contribution in [0.1, 0.15) is 61.9 Å². The first-order valence-electron chi connectivity index (χ1n) is 10.1. The lowest BCUT2D eigenvalue weighted by Crippen LogP contribution is -2.30. The highest BCUT2D eigenvalue weighted by atomic mass is 35.5. The molecule has 2 aliphatic rings. The smallest absolute Gasteiger partial charge is 0.251 e. The van der Waals surface area contributed by atoms with Gasteiger partial charge in [0, 0.05) is 38.7 Å². The molecule has 156 valence electrons. The second-order valence-electron chi connectivity index (χ2n) is 7.91. The number of amides is 1. The minimum Gasteiger partial charge on any atom is -0.359 e. The van der Waals surface area contributed by atoms with Gasteiger partial charge in [0.1, 0.15) is 0 Å². The molecule has 1 aliphatic carbocycles. The standard InChI is InChI=1S/C23H29ClN2O2S/c1-14-10-15(2)26-17(4)21(14)13-25-23(27)20-11-18(24)12-22(16(20)3)29(28)19-8-6-5-7-9-19/h10-12,19,26H,4-9,13H2,1-3H3,(H,25,27). The third-order valence-corrected chi connectivity index (χ3v) is 7.84. The van der Waals surface area contributed by atoms with Crippen molar-refractivity contribution in [3.05, 3.63) is 63.5 Å². The van der Waals surface area contributed by atoms with Crippen LogP contribution in [0.5, 0.6) is 0 Å². The van der Waals surface area contributed by atoms with E-state index in [9.17, 15) is 9.00 Å². The third-order valence-electron chi connectivity index (χ3n) is 5.69. The van der Waals surface area contributed by atoms with Gasteiger partial charge in [0.2, 0.25) is 0 Å². The van der Waals surface area contributed by atoms with Crippen LogP contribution in [0.4, 0.5) is 0 Å². The molecule has 0 spiro atoms. The van der Waals surface area contributed by atoms with Crippen LogP contribution < -0.4 is 10.6 Å². The number of benzene rings is 1. The first-order valence-corrected chi connectivity index (χ1v) is 11.7. The van der Waals surface area contributed by atoms with Crippen molar-refractivity contribution in [1.82, 2.24) is 10.6 Å². The number of hydrogen-bond acceptors (Lipinski definition) is 3. The lowest BCUT2D eigenvalue weighted by molar-refractivity contribution is 0.0956. The number of allylic oxidation sites excluding steroid dienone is 3. The lowest BCUT2D eigenvalue weighted by Gasteiger charge is -2.23. The zero-order chi connectivity index (χ0) is 21.1. The Morgan fingerprint density at radius 3 is 2.59 bits per heavy atom. The molecule has 1 saturated carbocycles. The molecule has 6 heteroatoms. The molecular formula is C23H29ClN2O2S. The molecule has 0 aromatic heterocycles. The summed E-state index contributed by atoms with van der Waals surface area (Å²) in [7, 11) is -1.15. The van der Waals surface area contributed by atoms with Crippen molar-refractivity contribution in [2.75, 3.05) is 6.54 Å². The highest BCUT2D eigenvalue weighted by molar-refractivity contribution is 7.85. The molecule has 2 N–H and O–H groups in total. The maximum Gasteiger partial charge on any atom is 0.251 e. The van der Waals surface area contributed by atoms with Crippen LogP contribution in [0.15, 0.2) is 52.2 Å². The van der Waals surface area contributed by atoms with Crippen LogP contribution in [-0.2, 0) is 10.8 Å². The van der Waals surface area contributed by atoms with Gasteiger partial charge in [-0.05, 0) is 68.5 Å². The topological polar surface area (TPSA) is 58.2 Å². The third kappa shape index (κ3) is 5.01. The molecule has 1 heterocycles. The van der Waals surface area contributed by atoms with Crippen molar-refractivity contribution >= 4 is 28.3 Å². The summed E-state index contributed by atoms with van der Waals surface area (Å²) >= 11 is 6.30. The molecule has 1 atom stereocenters. The minimum atomic E-state index is -1.15. The van der Waals surface area contributed by atoms with Crippen molar-refractivity contribution in [3.63, 3.8) is 0 Å². The molecule has 4 nitrogen and oxygen atoms in total. The van der Waals surface area contributed by atoms with Crippen LogP contribution in [0.3, 0.4) is 0 Å². The summed E-state index contributed by atoms with van der Waals surface area (Å²) in [6.07, 6.45) is 7.41. The fourth-order valence-corrected chi connectivity index (χ4v) is 6.13. The Morgan fingerprint density at radius 2 is 1.93 bits per heavy atom. The lowest BCUT2D eigenvalue weighted by atomic mass is 10.0. The van der Waals surface area contributed by atoms with E-state index in [1.54, 1.807) is 12.1 Å². The summed E-state index contributed by atoms with van der Waals surface area (Å²) in [6, 6.07) is 3.42. The predicted molar refractivity (Wildman–Crippen MR) is 121 cm³/mol. The van der Waals surface area contributed by atoms with Crippen LogP contribution in [0.25, 0.3) is 0 Å². The van der Waals surface area contributed by atoms with Gasteiger partial charge in [-0.15, -0.1) is 0 Å². The SMILES string of the molecule is C=C1NC(C)=CC(C)=C1CNC(=O)c1cc(Cl)cc(S(=O)C2CCCCC2)c1C. The molecule has 1 amide bonds. The largest absolute Gasteiger partial charge is 0.359 e. The van der Waals surface area contributed by atoms with Crippen molar-refractivity contribution in [2.45, 2.75) is 63.0 Å². The summed E-state index contributed by atoms with van der Waals surface area (Å²) in [5.41, 5.74) is 5.10. The second kappa shape index (κ2) is 9.31. The van der Waals surface area contributed by atoms with Gasteiger partial charge >= 0.3 is 0 Å². The van der Waals surface area contributed by atoms with E-state index >= 15 is 0 Å². The van der Waals surface area contributed by atoms with E-state index < -0.39 is 10.8 Å². The predicted octanol–water partition coefficient (Wildman–Crippen LogP) is 5.16. The Morgan fingerprint density at radius 1 is 1.24 bits per heavy atom. The Bertz CT molecular complexity index is 927. The van der Waals surface area contributed by atoms with E-state index in [0.717, 1.165) is 53.8 Å². The molecule has 1 aromatic rings. The molecule has 3 rings (SSSR count). The van der Waals surface area contributed by atoms with Crippen molar-refractivity contribution in [3.8, 4) is 0 Å². The first kappa shape index (κ1) is 21.8. The maximum atomic E-state index is 13.2. The molecular weight excluding hydrogens is 404 g/mol. The number of nitrogens with one attached hydrogen (secondary N) is 2. The average molecular weight is 433 g/mol. The van der Waals surface area contributed by atoms with Gasteiger partial charge in [0.25, 0.3) is 5.91 Å². The van der Waals surface area contributed by atoms with Crippen LogP contribution in [-0.4, -0.2) is 21.9 Å². The monoisotopic (exact) mass is 432 g/mol. The molecule has 0 saturated heterocycles. The normalized spacial score (nSPS) is 18.9. The highest BCUT2D eigenvalue weighted by Gasteiger charge is 2.25. The van der Waals surface area contributed by atoms with Crippen molar-refractivity contribution in [1.29, 1.82) is 0 Å². The Balaban J connectivity index is 1.80. The fourth-order valence-electron chi connectivity index (χ4n) is 4.07. The van der Waals surface area contributed by atoms with Gasteiger partial charge in [-0.2, -0.15) is 0 Å². The molecule has 0 radical (unpaired) electrons. The second-order valence-corrected chi connectivity index (χ2v) is 10.0. The van der Waals surface area contributed by atoms with Gasteiger partial charge in [-0.3, -0.25) is 9.00 Å². The highest BCUT2D eigenvalue weighted by Crippen LogP contribution is 2.30. The van der Waals surface area contributed by atoms with E-state index in [1.165, 1.54) is 6.42 Å². The minimum absolute atomic E-state index is 0.149. The zero-order valence-corrected chi connectivity index (χ0v) is 18.9. The summed E-state index contributed by atoms with van der Waals surface area (Å²) in [5.74, 6) is -0.216. The fraction of sp³-hybridized carbons (Fsp3) is 0.435. The summed E-state index contributed by atoms with van der Waals surface area (Å²) in [5, 5.41) is 6.77. The quantitative estimate of drug-likeness (QED) is 0.675. The van der Waals surface area contributed by atoms with Crippen LogP contribution in [0.2, 0.25) is 5.02 Å². The first-order chi connectivity index (χ1) is 13.8. The average Bonchev–Trinajstić information content (AvgIpc) is 2.68. The van der Waals surface area contributed by atoms with Gasteiger partial charge < -0.3 is 10.6 Å². The number of carbonyl (C=O) groups is 1.